The zero-order valence-corrected chi connectivity index (χ0v) is 9.77. The van der Waals surface area contributed by atoms with Crippen molar-refractivity contribution in [1.29, 1.82) is 5.41 Å². The number of likely N-dealkylation sites (N-methyl/N-ethyl adjacent to an activating group) is 1. The average molecular weight is 231 g/mol. The van der Waals surface area contributed by atoms with E-state index in [-0.39, 0.29) is 0 Å². The largest absolute Gasteiger partial charge is 0.479 e. The molecule has 0 aliphatic carbocycles. The minimum atomic E-state index is -1.60. The van der Waals surface area contributed by atoms with Crippen LogP contribution in [0, 0.1) is 5.41 Å². The smallest absolute Gasteiger partial charge is 0.341 e. The first kappa shape index (κ1) is 14.2. The summed E-state index contributed by atoms with van der Waals surface area (Å²) in [6.07, 6.45) is 0. The van der Waals surface area contributed by atoms with Crippen molar-refractivity contribution in [2.45, 2.75) is 32.4 Å². The Labute approximate surface area is 93.7 Å². The molecule has 0 heterocycles. The molecule has 0 rings (SSSR count). The van der Waals surface area contributed by atoms with Crippen molar-refractivity contribution in [1.82, 2.24) is 4.90 Å². The van der Waals surface area contributed by atoms with Crippen molar-refractivity contribution in [3.63, 3.8) is 0 Å². The van der Waals surface area contributed by atoms with Gasteiger partial charge < -0.3 is 20.5 Å². The summed E-state index contributed by atoms with van der Waals surface area (Å²) >= 11 is 0. The van der Waals surface area contributed by atoms with E-state index in [1.807, 2.05) is 0 Å². The molecule has 0 spiro atoms. The Bertz CT molecular complexity index is 308. The van der Waals surface area contributed by atoms with Gasteiger partial charge in [0.1, 0.15) is 5.60 Å². The number of ether oxygens (including phenoxy) is 1. The van der Waals surface area contributed by atoms with Crippen molar-refractivity contribution in [2.75, 3.05) is 7.05 Å². The third-order valence-electron chi connectivity index (χ3n) is 1.63. The molecule has 0 radical (unpaired) electrons. The number of hydrogen-bond donors (Lipinski definition) is 3. The van der Waals surface area contributed by atoms with Crippen LogP contribution in [0.1, 0.15) is 20.8 Å². The molecule has 7 nitrogen and oxygen atoms in total. The third-order valence-corrected chi connectivity index (χ3v) is 1.63. The minimum Gasteiger partial charge on any atom is -0.479 e. The average Bonchev–Trinajstić information content (AvgIpc) is 1.99. The summed E-state index contributed by atoms with van der Waals surface area (Å²) in [4.78, 5) is 23.3. The van der Waals surface area contributed by atoms with Crippen LogP contribution < -0.4 is 5.73 Å². The van der Waals surface area contributed by atoms with Gasteiger partial charge in [0.25, 0.3) is 0 Å². The van der Waals surface area contributed by atoms with Crippen molar-refractivity contribution in [3.05, 3.63) is 0 Å². The monoisotopic (exact) mass is 231 g/mol. The molecule has 0 aromatic carbocycles. The summed E-state index contributed by atoms with van der Waals surface area (Å²) in [6.45, 7) is 4.87. The Morgan fingerprint density at radius 2 is 1.88 bits per heavy atom. The maximum Gasteiger partial charge on any atom is 0.341 e. The van der Waals surface area contributed by atoms with E-state index in [1.165, 1.54) is 7.05 Å². The van der Waals surface area contributed by atoms with E-state index < -0.39 is 29.5 Å². The highest BCUT2D eigenvalue weighted by Gasteiger charge is 2.35. The lowest BCUT2D eigenvalue weighted by molar-refractivity contribution is -0.166. The summed E-state index contributed by atoms with van der Waals surface area (Å²) in [5.74, 6) is -2.87. The highest BCUT2D eigenvalue weighted by Crippen LogP contribution is 2.10. The van der Waals surface area contributed by atoms with Crippen LogP contribution in [0.15, 0.2) is 0 Å². The summed E-state index contributed by atoms with van der Waals surface area (Å²) in [5.41, 5.74) is 4.33. The van der Waals surface area contributed by atoms with Crippen LogP contribution in [-0.4, -0.2) is 46.6 Å². The number of esters is 1. The van der Waals surface area contributed by atoms with Crippen molar-refractivity contribution < 1.29 is 19.4 Å². The summed E-state index contributed by atoms with van der Waals surface area (Å²) in [7, 11) is 1.24. The fourth-order valence-electron chi connectivity index (χ4n) is 0.921. The fourth-order valence-corrected chi connectivity index (χ4v) is 0.921. The predicted molar refractivity (Wildman–Crippen MR) is 56.9 cm³/mol. The number of nitrogens with zero attached hydrogens (tertiary/aromatic N) is 1. The third kappa shape index (κ3) is 4.16. The topological polar surface area (TPSA) is 117 Å². The lowest BCUT2D eigenvalue weighted by Crippen LogP contribution is -2.51. The molecule has 1 atom stereocenters. The lowest BCUT2D eigenvalue weighted by Gasteiger charge is -2.27. The van der Waals surface area contributed by atoms with Crippen LogP contribution in [0.4, 0.5) is 0 Å². The molecule has 92 valence electrons. The zero-order chi connectivity index (χ0) is 13.1. The van der Waals surface area contributed by atoms with Gasteiger partial charge >= 0.3 is 11.9 Å². The maximum absolute atomic E-state index is 11.5. The molecule has 0 saturated heterocycles. The summed E-state index contributed by atoms with van der Waals surface area (Å²) in [6, 6.07) is -1.60. The summed E-state index contributed by atoms with van der Waals surface area (Å²) < 4.78 is 4.92. The Hall–Kier alpha value is -1.79. The van der Waals surface area contributed by atoms with Crippen LogP contribution in [0.5, 0.6) is 0 Å². The molecule has 0 fully saturated rings. The van der Waals surface area contributed by atoms with E-state index in [4.69, 9.17) is 21.0 Å². The van der Waals surface area contributed by atoms with Gasteiger partial charge in [0.05, 0.1) is 0 Å². The van der Waals surface area contributed by atoms with Crippen LogP contribution in [0.3, 0.4) is 0 Å². The molecule has 0 aliphatic rings. The van der Waals surface area contributed by atoms with E-state index in [0.717, 1.165) is 4.90 Å². The molecule has 0 amide bonds. The number of carbonyl (C=O) groups excluding carboxylic acids is 1. The van der Waals surface area contributed by atoms with E-state index in [1.54, 1.807) is 20.8 Å². The number of guanidine groups is 1. The first-order valence-corrected chi connectivity index (χ1v) is 4.59. The molecule has 0 saturated carbocycles. The Balaban J connectivity index is 4.88. The van der Waals surface area contributed by atoms with Crippen LogP contribution in [0.2, 0.25) is 0 Å². The van der Waals surface area contributed by atoms with Crippen molar-refractivity contribution in [2.24, 2.45) is 5.73 Å². The number of carboxylic acids is 1. The molecular formula is C9H17N3O4. The molecule has 0 aromatic heterocycles. The lowest BCUT2D eigenvalue weighted by atomic mass is 10.2. The number of hydrogen-bond acceptors (Lipinski definition) is 4. The first-order chi connectivity index (χ1) is 7.06. The van der Waals surface area contributed by atoms with Crippen LogP contribution in [0.25, 0.3) is 0 Å². The minimum absolute atomic E-state index is 0.516. The highest BCUT2D eigenvalue weighted by atomic mass is 16.6. The van der Waals surface area contributed by atoms with Gasteiger partial charge in [0.2, 0.25) is 6.04 Å². The van der Waals surface area contributed by atoms with Gasteiger partial charge in [0, 0.05) is 7.05 Å². The van der Waals surface area contributed by atoms with Crippen LogP contribution in [-0.2, 0) is 14.3 Å². The van der Waals surface area contributed by atoms with Gasteiger partial charge in [-0.3, -0.25) is 5.41 Å². The SMILES string of the molecule is CN(C(=N)N)C(C(=O)O)C(=O)OC(C)(C)C. The second-order valence-electron chi connectivity index (χ2n) is 4.27. The molecular weight excluding hydrogens is 214 g/mol. The second kappa shape index (κ2) is 4.82. The summed E-state index contributed by atoms with van der Waals surface area (Å²) in [5, 5.41) is 15.9. The highest BCUT2D eigenvalue weighted by molar-refractivity contribution is 6.01. The van der Waals surface area contributed by atoms with Gasteiger partial charge in [0.15, 0.2) is 5.96 Å². The van der Waals surface area contributed by atoms with Gasteiger partial charge in [-0.15, -0.1) is 0 Å². The Kier molecular flexibility index (Phi) is 4.28. The predicted octanol–water partition coefficient (Wildman–Crippen LogP) is -0.393. The van der Waals surface area contributed by atoms with E-state index in [2.05, 4.69) is 0 Å². The molecule has 16 heavy (non-hydrogen) atoms. The number of carboxylic acid groups (broad SMARTS) is 1. The number of nitrogens with one attached hydrogen (secondary N) is 1. The number of aliphatic carboxylic acids is 1. The Morgan fingerprint density at radius 3 is 2.12 bits per heavy atom. The molecule has 4 N–H and O–H groups in total. The maximum atomic E-state index is 11.5. The van der Waals surface area contributed by atoms with Gasteiger partial charge in [-0.2, -0.15) is 0 Å². The van der Waals surface area contributed by atoms with Crippen LogP contribution >= 0.6 is 0 Å². The quantitative estimate of drug-likeness (QED) is 0.263. The number of rotatable bonds is 3. The first-order valence-electron chi connectivity index (χ1n) is 4.59. The second-order valence-corrected chi connectivity index (χ2v) is 4.27. The van der Waals surface area contributed by atoms with Gasteiger partial charge in [-0.1, -0.05) is 0 Å². The molecule has 1 unspecified atom stereocenters. The molecule has 0 aliphatic heterocycles. The van der Waals surface area contributed by atoms with Crippen molar-refractivity contribution in [3.8, 4) is 0 Å². The number of nitrogens with two attached hydrogens (primary N) is 1. The molecule has 0 aromatic rings. The molecule has 0 bridgehead atoms. The fraction of sp³-hybridized carbons (Fsp3) is 0.667. The van der Waals surface area contributed by atoms with Gasteiger partial charge in [-0.05, 0) is 20.8 Å². The van der Waals surface area contributed by atoms with Crippen molar-refractivity contribution >= 4 is 17.9 Å². The van der Waals surface area contributed by atoms with E-state index in [9.17, 15) is 9.59 Å². The molecule has 7 heteroatoms. The van der Waals surface area contributed by atoms with Gasteiger partial charge in [-0.25, -0.2) is 9.59 Å². The Morgan fingerprint density at radius 1 is 1.44 bits per heavy atom. The standard InChI is InChI=1S/C9H17N3O4/c1-9(2,3)16-7(15)5(6(13)14)12(4)8(10)11/h5H,1-4H3,(H3,10,11)(H,13,14). The van der Waals surface area contributed by atoms with E-state index >= 15 is 0 Å². The zero-order valence-electron chi connectivity index (χ0n) is 9.77. The number of carbonyl (C=O) groups is 2. The normalized spacial score (nSPS) is 12.8. The van der Waals surface area contributed by atoms with E-state index in [0.29, 0.717) is 0 Å².